The molecule has 0 spiro atoms. The molecule has 1 amide bonds. The van der Waals surface area contributed by atoms with E-state index in [0.717, 1.165) is 4.88 Å². The second-order valence-electron chi connectivity index (χ2n) is 6.24. The lowest BCUT2D eigenvalue weighted by Crippen LogP contribution is -2.46. The standard InChI is InChI=1S/C18H22N2O4S2/c1-13-3-8-17(25-13)18(21)19-14-9-11-20(12-10-14)26(22,23)16-6-4-15(24-2)5-7-16/h3-8,14H,9-12H2,1-2H3,(H,19,21). The minimum absolute atomic E-state index is 0.00720. The molecule has 3 rings (SSSR count). The maximum atomic E-state index is 12.7. The number of hydrogen-bond donors (Lipinski definition) is 1. The quantitative estimate of drug-likeness (QED) is 0.846. The lowest BCUT2D eigenvalue weighted by molar-refractivity contribution is 0.0928. The Labute approximate surface area is 157 Å². The summed E-state index contributed by atoms with van der Waals surface area (Å²) >= 11 is 1.46. The summed E-state index contributed by atoms with van der Waals surface area (Å²) in [7, 11) is -1.98. The first-order valence-electron chi connectivity index (χ1n) is 8.41. The molecule has 26 heavy (non-hydrogen) atoms. The van der Waals surface area contributed by atoms with Crippen LogP contribution in [0.4, 0.5) is 0 Å². The van der Waals surface area contributed by atoms with E-state index in [9.17, 15) is 13.2 Å². The zero-order valence-electron chi connectivity index (χ0n) is 14.8. The highest BCUT2D eigenvalue weighted by atomic mass is 32.2. The fourth-order valence-corrected chi connectivity index (χ4v) is 5.19. The number of benzene rings is 1. The number of methoxy groups -OCH3 is 1. The Morgan fingerprint density at radius 1 is 1.15 bits per heavy atom. The van der Waals surface area contributed by atoms with Gasteiger partial charge in [0.05, 0.1) is 16.9 Å². The van der Waals surface area contributed by atoms with Gasteiger partial charge in [-0.15, -0.1) is 11.3 Å². The minimum Gasteiger partial charge on any atom is -0.497 e. The number of thiophene rings is 1. The fraction of sp³-hybridized carbons (Fsp3) is 0.389. The van der Waals surface area contributed by atoms with Crippen LogP contribution < -0.4 is 10.1 Å². The van der Waals surface area contributed by atoms with Gasteiger partial charge in [-0.3, -0.25) is 4.79 Å². The first-order valence-corrected chi connectivity index (χ1v) is 10.7. The summed E-state index contributed by atoms with van der Waals surface area (Å²) in [6.07, 6.45) is 1.21. The largest absolute Gasteiger partial charge is 0.497 e. The molecule has 1 aromatic heterocycles. The molecule has 1 N–H and O–H groups in total. The third-order valence-corrected chi connectivity index (χ3v) is 7.36. The summed E-state index contributed by atoms with van der Waals surface area (Å²) in [5, 5.41) is 3.01. The van der Waals surface area contributed by atoms with Crippen LogP contribution in [0.2, 0.25) is 0 Å². The summed E-state index contributed by atoms with van der Waals surface area (Å²) in [6.45, 7) is 2.75. The first kappa shape index (κ1) is 18.9. The second-order valence-corrected chi connectivity index (χ2v) is 9.46. The molecule has 140 valence electrons. The molecular weight excluding hydrogens is 372 g/mol. The number of rotatable bonds is 5. The summed E-state index contributed by atoms with van der Waals surface area (Å²) in [5.74, 6) is 0.536. The van der Waals surface area contributed by atoms with E-state index in [1.807, 2.05) is 19.1 Å². The van der Waals surface area contributed by atoms with Crippen LogP contribution >= 0.6 is 11.3 Å². The SMILES string of the molecule is COc1ccc(S(=O)(=O)N2CCC(NC(=O)c3ccc(C)s3)CC2)cc1. The third kappa shape index (κ3) is 4.08. The number of piperidine rings is 1. The van der Waals surface area contributed by atoms with Gasteiger partial charge in [0.15, 0.2) is 0 Å². The van der Waals surface area contributed by atoms with Crippen molar-refractivity contribution in [3.8, 4) is 5.75 Å². The van der Waals surface area contributed by atoms with Crippen LogP contribution in [0.1, 0.15) is 27.4 Å². The topological polar surface area (TPSA) is 75.7 Å². The Hall–Kier alpha value is -1.90. The minimum atomic E-state index is -3.52. The number of aryl methyl sites for hydroxylation is 1. The predicted molar refractivity (Wildman–Crippen MR) is 101 cm³/mol. The molecule has 1 aliphatic heterocycles. The number of nitrogens with zero attached hydrogens (tertiary/aromatic N) is 1. The van der Waals surface area contributed by atoms with Crippen molar-refractivity contribution in [2.45, 2.75) is 30.7 Å². The van der Waals surface area contributed by atoms with E-state index in [0.29, 0.717) is 36.6 Å². The van der Waals surface area contributed by atoms with Crippen LogP contribution in [-0.2, 0) is 10.0 Å². The van der Waals surface area contributed by atoms with E-state index in [4.69, 9.17) is 4.74 Å². The summed E-state index contributed by atoms with van der Waals surface area (Å²) in [5.41, 5.74) is 0. The Morgan fingerprint density at radius 2 is 1.81 bits per heavy atom. The number of carbonyl (C=O) groups is 1. The van der Waals surface area contributed by atoms with Gasteiger partial charge in [0.25, 0.3) is 5.91 Å². The van der Waals surface area contributed by atoms with Crippen molar-refractivity contribution >= 4 is 27.3 Å². The van der Waals surface area contributed by atoms with Crippen LogP contribution in [0.15, 0.2) is 41.3 Å². The summed E-state index contributed by atoms with van der Waals surface area (Å²) < 4.78 is 32.0. The maximum absolute atomic E-state index is 12.7. The van der Waals surface area contributed by atoms with Crippen LogP contribution in [-0.4, -0.2) is 44.9 Å². The van der Waals surface area contributed by atoms with Crippen molar-refractivity contribution in [1.29, 1.82) is 0 Å². The van der Waals surface area contributed by atoms with Crippen molar-refractivity contribution in [3.05, 3.63) is 46.2 Å². The van der Waals surface area contributed by atoms with Crippen molar-refractivity contribution in [1.82, 2.24) is 9.62 Å². The molecule has 2 heterocycles. The number of carbonyl (C=O) groups excluding carboxylic acids is 1. The van der Waals surface area contributed by atoms with Crippen LogP contribution in [0.5, 0.6) is 5.75 Å². The normalized spacial score (nSPS) is 16.4. The molecule has 1 aromatic carbocycles. The van der Waals surface area contributed by atoms with Crippen molar-refractivity contribution in [3.63, 3.8) is 0 Å². The maximum Gasteiger partial charge on any atom is 0.261 e. The number of nitrogens with one attached hydrogen (secondary N) is 1. The van der Waals surface area contributed by atoms with Gasteiger partial charge >= 0.3 is 0 Å². The van der Waals surface area contributed by atoms with Gasteiger partial charge in [0.1, 0.15) is 5.75 Å². The molecule has 1 saturated heterocycles. The van der Waals surface area contributed by atoms with Crippen LogP contribution in [0, 0.1) is 6.92 Å². The van der Waals surface area contributed by atoms with Crippen molar-refractivity contribution in [2.75, 3.05) is 20.2 Å². The average molecular weight is 395 g/mol. The predicted octanol–water partition coefficient (Wildman–Crippen LogP) is 2.65. The molecule has 0 bridgehead atoms. The zero-order chi connectivity index (χ0) is 18.7. The second kappa shape index (κ2) is 7.77. The first-order chi connectivity index (χ1) is 12.4. The van der Waals surface area contributed by atoms with E-state index in [-0.39, 0.29) is 16.8 Å². The molecule has 1 fully saturated rings. The summed E-state index contributed by atoms with van der Waals surface area (Å²) in [4.78, 5) is 14.3. The Kier molecular flexibility index (Phi) is 5.64. The summed E-state index contributed by atoms with van der Waals surface area (Å²) in [6, 6.07) is 10.1. The molecule has 0 atom stereocenters. The fourth-order valence-electron chi connectivity index (χ4n) is 2.95. The lowest BCUT2D eigenvalue weighted by Gasteiger charge is -2.31. The van der Waals surface area contributed by atoms with E-state index < -0.39 is 10.0 Å². The smallest absolute Gasteiger partial charge is 0.261 e. The molecule has 8 heteroatoms. The van der Waals surface area contributed by atoms with Crippen molar-refractivity contribution < 1.29 is 17.9 Å². The van der Waals surface area contributed by atoms with Gasteiger partial charge in [-0.25, -0.2) is 8.42 Å². The Balaban J connectivity index is 1.59. The van der Waals surface area contributed by atoms with Gasteiger partial charge in [-0.1, -0.05) is 0 Å². The molecule has 2 aromatic rings. The monoisotopic (exact) mass is 394 g/mol. The highest BCUT2D eigenvalue weighted by Gasteiger charge is 2.30. The highest BCUT2D eigenvalue weighted by Crippen LogP contribution is 2.23. The van der Waals surface area contributed by atoms with E-state index in [1.165, 1.54) is 15.6 Å². The molecule has 0 saturated carbocycles. The van der Waals surface area contributed by atoms with Crippen LogP contribution in [0.25, 0.3) is 0 Å². The number of sulfonamides is 1. The third-order valence-electron chi connectivity index (χ3n) is 4.45. The Bertz CT molecular complexity index is 867. The number of ether oxygens (including phenoxy) is 1. The molecule has 6 nitrogen and oxygen atoms in total. The van der Waals surface area contributed by atoms with Gasteiger partial charge in [0.2, 0.25) is 10.0 Å². The zero-order valence-corrected chi connectivity index (χ0v) is 16.4. The number of hydrogen-bond acceptors (Lipinski definition) is 5. The molecule has 0 radical (unpaired) electrons. The average Bonchev–Trinajstić information content (AvgIpc) is 3.09. The molecule has 0 unspecified atom stereocenters. The molecule has 0 aliphatic carbocycles. The lowest BCUT2D eigenvalue weighted by atomic mass is 10.1. The number of amides is 1. The van der Waals surface area contributed by atoms with E-state index in [2.05, 4.69) is 5.32 Å². The van der Waals surface area contributed by atoms with Gasteiger partial charge in [0, 0.05) is 24.0 Å². The molecule has 1 aliphatic rings. The highest BCUT2D eigenvalue weighted by molar-refractivity contribution is 7.89. The van der Waals surface area contributed by atoms with Crippen molar-refractivity contribution in [2.24, 2.45) is 0 Å². The van der Waals surface area contributed by atoms with E-state index >= 15 is 0 Å². The van der Waals surface area contributed by atoms with Gasteiger partial charge in [-0.2, -0.15) is 4.31 Å². The van der Waals surface area contributed by atoms with Crippen LogP contribution in [0.3, 0.4) is 0 Å². The van der Waals surface area contributed by atoms with E-state index in [1.54, 1.807) is 31.4 Å². The van der Waals surface area contributed by atoms with Gasteiger partial charge < -0.3 is 10.1 Å². The molecular formula is C18H22N2O4S2. The van der Waals surface area contributed by atoms with Gasteiger partial charge in [-0.05, 0) is 56.2 Å². The Morgan fingerprint density at radius 3 is 2.35 bits per heavy atom.